The van der Waals surface area contributed by atoms with Crippen LogP contribution >= 0.6 is 11.8 Å². The second-order valence-corrected chi connectivity index (χ2v) is 5.53. The number of rotatable bonds is 3. The van der Waals surface area contributed by atoms with Crippen molar-refractivity contribution in [2.75, 3.05) is 7.05 Å². The van der Waals surface area contributed by atoms with E-state index in [0.29, 0.717) is 10.6 Å². The molecule has 3 amide bonds. The van der Waals surface area contributed by atoms with Crippen LogP contribution in [-0.2, 0) is 4.79 Å². The summed E-state index contributed by atoms with van der Waals surface area (Å²) in [5.41, 5.74) is 2.06. The number of aryl methyl sites for hydroxylation is 2. The van der Waals surface area contributed by atoms with Gasteiger partial charge in [0.05, 0.1) is 10.8 Å². The summed E-state index contributed by atoms with van der Waals surface area (Å²) in [6, 6.07) is 3.35. The first-order valence-corrected chi connectivity index (χ1v) is 6.84. The van der Waals surface area contributed by atoms with Crippen LogP contribution in [0.3, 0.4) is 0 Å². The highest BCUT2D eigenvalue weighted by Gasteiger charge is 2.20. The van der Waals surface area contributed by atoms with Crippen molar-refractivity contribution in [2.45, 2.75) is 31.0 Å². The zero-order valence-electron chi connectivity index (χ0n) is 11.8. The maximum Gasteiger partial charge on any atom is 0.321 e. The number of pyridine rings is 1. The Kier molecular flexibility index (Phi) is 5.53. The minimum Gasteiger partial charge on any atom is -0.341 e. The molecule has 0 aliphatic carbocycles. The molecule has 1 aromatic heterocycles. The fraction of sp³-hybridized carbons (Fsp3) is 0.385. The Morgan fingerprint density at radius 2 is 2.10 bits per heavy atom. The monoisotopic (exact) mass is 292 g/mol. The number of carbonyl (C=O) groups excluding carboxylic acids is 2. The number of nitriles is 1. The molecule has 0 saturated heterocycles. The van der Waals surface area contributed by atoms with E-state index in [-0.39, 0.29) is 0 Å². The first-order chi connectivity index (χ1) is 9.38. The van der Waals surface area contributed by atoms with Crippen molar-refractivity contribution in [1.29, 1.82) is 5.26 Å². The van der Waals surface area contributed by atoms with Crippen LogP contribution in [-0.4, -0.2) is 29.2 Å². The third-order valence-electron chi connectivity index (χ3n) is 2.54. The number of amides is 3. The highest BCUT2D eigenvalue weighted by atomic mass is 32.2. The summed E-state index contributed by atoms with van der Waals surface area (Å²) in [6.45, 7) is 5.31. The van der Waals surface area contributed by atoms with E-state index in [1.807, 2.05) is 19.9 Å². The highest BCUT2D eigenvalue weighted by molar-refractivity contribution is 8.00. The summed E-state index contributed by atoms with van der Waals surface area (Å²) < 4.78 is 0. The van der Waals surface area contributed by atoms with Crippen molar-refractivity contribution in [3.63, 3.8) is 0 Å². The van der Waals surface area contributed by atoms with Gasteiger partial charge < -0.3 is 5.32 Å². The fourth-order valence-electron chi connectivity index (χ4n) is 1.52. The van der Waals surface area contributed by atoms with E-state index in [1.165, 1.54) is 7.05 Å². The van der Waals surface area contributed by atoms with Crippen molar-refractivity contribution < 1.29 is 9.59 Å². The summed E-state index contributed by atoms with van der Waals surface area (Å²) in [6.07, 6.45) is 0. The average Bonchev–Trinajstić information content (AvgIpc) is 2.37. The van der Waals surface area contributed by atoms with Gasteiger partial charge in [0.1, 0.15) is 11.1 Å². The van der Waals surface area contributed by atoms with Gasteiger partial charge >= 0.3 is 6.03 Å². The molecule has 0 fully saturated rings. The van der Waals surface area contributed by atoms with Crippen molar-refractivity contribution in [1.82, 2.24) is 15.6 Å². The third kappa shape index (κ3) is 3.96. The summed E-state index contributed by atoms with van der Waals surface area (Å²) >= 11 is 1.16. The van der Waals surface area contributed by atoms with E-state index in [4.69, 9.17) is 5.26 Å². The summed E-state index contributed by atoms with van der Waals surface area (Å²) in [5.74, 6) is -0.431. The fourth-order valence-corrected chi connectivity index (χ4v) is 2.54. The van der Waals surface area contributed by atoms with Gasteiger partial charge in [0, 0.05) is 12.7 Å². The topological polar surface area (TPSA) is 94.9 Å². The molecule has 106 valence electrons. The molecular formula is C13H16N4O2S. The van der Waals surface area contributed by atoms with Crippen LogP contribution in [0.25, 0.3) is 0 Å². The van der Waals surface area contributed by atoms with Gasteiger partial charge in [-0.1, -0.05) is 11.8 Å². The second-order valence-electron chi connectivity index (χ2n) is 4.20. The predicted molar refractivity (Wildman–Crippen MR) is 76.3 cm³/mol. The highest BCUT2D eigenvalue weighted by Crippen LogP contribution is 2.27. The van der Waals surface area contributed by atoms with Crippen molar-refractivity contribution >= 4 is 23.7 Å². The Morgan fingerprint density at radius 3 is 2.65 bits per heavy atom. The molecular weight excluding hydrogens is 276 g/mol. The number of aromatic nitrogens is 1. The Bertz CT molecular complexity index is 580. The molecule has 0 aromatic carbocycles. The van der Waals surface area contributed by atoms with Gasteiger partial charge in [-0.05, 0) is 32.4 Å². The Hall–Kier alpha value is -2.07. The number of imide groups is 1. The largest absolute Gasteiger partial charge is 0.341 e. The lowest BCUT2D eigenvalue weighted by Crippen LogP contribution is -2.41. The van der Waals surface area contributed by atoms with Gasteiger partial charge in [0.2, 0.25) is 5.91 Å². The van der Waals surface area contributed by atoms with Crippen LogP contribution in [0.15, 0.2) is 11.1 Å². The normalized spacial score (nSPS) is 11.3. The number of hydrogen-bond donors (Lipinski definition) is 2. The van der Waals surface area contributed by atoms with Crippen molar-refractivity contribution in [3.05, 3.63) is 22.9 Å². The molecule has 0 bridgehead atoms. The third-order valence-corrected chi connectivity index (χ3v) is 3.63. The minimum atomic E-state index is -0.559. The lowest BCUT2D eigenvalue weighted by Gasteiger charge is -2.12. The van der Waals surface area contributed by atoms with Gasteiger partial charge in [-0.25, -0.2) is 9.78 Å². The van der Waals surface area contributed by atoms with Gasteiger partial charge in [-0.2, -0.15) is 5.26 Å². The maximum absolute atomic E-state index is 11.8. The molecule has 0 unspecified atom stereocenters. The van der Waals surface area contributed by atoms with Crippen LogP contribution in [0.1, 0.15) is 23.7 Å². The number of hydrogen-bond acceptors (Lipinski definition) is 5. The summed E-state index contributed by atoms with van der Waals surface area (Å²) in [4.78, 5) is 27.2. The SMILES string of the molecule is CNC(=O)NC(=O)[C@H](C)Sc1nc(C)cc(C)c1C#N. The second kappa shape index (κ2) is 6.91. The van der Waals surface area contributed by atoms with E-state index in [2.05, 4.69) is 21.7 Å². The lowest BCUT2D eigenvalue weighted by atomic mass is 10.1. The Morgan fingerprint density at radius 1 is 1.45 bits per heavy atom. The Balaban J connectivity index is 2.91. The minimum absolute atomic E-state index is 0.431. The quantitative estimate of drug-likeness (QED) is 0.823. The molecule has 1 rings (SSSR count). The molecule has 0 aliphatic rings. The number of carbonyl (C=O) groups is 2. The molecule has 6 nitrogen and oxygen atoms in total. The summed E-state index contributed by atoms with van der Waals surface area (Å²) in [7, 11) is 1.43. The molecule has 7 heteroatoms. The van der Waals surface area contributed by atoms with E-state index in [9.17, 15) is 9.59 Å². The van der Waals surface area contributed by atoms with Crippen LogP contribution in [0.2, 0.25) is 0 Å². The molecule has 0 radical (unpaired) electrons. The van der Waals surface area contributed by atoms with E-state index in [0.717, 1.165) is 23.0 Å². The first-order valence-electron chi connectivity index (χ1n) is 5.96. The van der Waals surface area contributed by atoms with Crippen LogP contribution in [0.4, 0.5) is 4.79 Å². The van der Waals surface area contributed by atoms with E-state index >= 15 is 0 Å². The van der Waals surface area contributed by atoms with E-state index < -0.39 is 17.2 Å². The molecule has 20 heavy (non-hydrogen) atoms. The number of urea groups is 1. The molecule has 2 N–H and O–H groups in total. The van der Waals surface area contributed by atoms with Crippen molar-refractivity contribution in [3.8, 4) is 6.07 Å². The molecule has 1 aromatic rings. The van der Waals surface area contributed by atoms with Crippen LogP contribution in [0, 0.1) is 25.2 Å². The van der Waals surface area contributed by atoms with Gasteiger partial charge in [-0.3, -0.25) is 10.1 Å². The zero-order chi connectivity index (χ0) is 15.3. The van der Waals surface area contributed by atoms with Crippen LogP contribution in [0.5, 0.6) is 0 Å². The smallest absolute Gasteiger partial charge is 0.321 e. The molecule has 0 spiro atoms. The van der Waals surface area contributed by atoms with Crippen molar-refractivity contribution in [2.24, 2.45) is 0 Å². The van der Waals surface area contributed by atoms with Gasteiger partial charge in [0.25, 0.3) is 0 Å². The molecule has 1 heterocycles. The number of nitrogens with one attached hydrogen (secondary N) is 2. The lowest BCUT2D eigenvalue weighted by molar-refractivity contribution is -0.119. The number of nitrogens with zero attached hydrogens (tertiary/aromatic N) is 2. The first kappa shape index (κ1) is 16.0. The van der Waals surface area contributed by atoms with Gasteiger partial charge in [0.15, 0.2) is 0 Å². The Labute approximate surface area is 122 Å². The molecule has 1 atom stereocenters. The molecule has 0 aliphatic heterocycles. The number of thioether (sulfide) groups is 1. The average molecular weight is 292 g/mol. The van der Waals surface area contributed by atoms with Gasteiger partial charge in [-0.15, -0.1) is 0 Å². The van der Waals surface area contributed by atoms with Crippen LogP contribution < -0.4 is 10.6 Å². The maximum atomic E-state index is 11.8. The predicted octanol–water partition coefficient (Wildman–Crippen LogP) is 1.51. The standard InChI is InChI=1S/C13H16N4O2S/c1-7-5-8(2)16-12(10(7)6-14)20-9(3)11(18)17-13(19)15-4/h5,9H,1-4H3,(H2,15,17,18,19)/t9-/m0/s1. The molecule has 0 saturated carbocycles. The summed E-state index contributed by atoms with van der Waals surface area (Å²) in [5, 5.41) is 13.6. The zero-order valence-corrected chi connectivity index (χ0v) is 12.6. The van der Waals surface area contributed by atoms with E-state index in [1.54, 1.807) is 6.92 Å².